The van der Waals surface area contributed by atoms with Crippen molar-refractivity contribution >= 4 is 50.7 Å². The second-order valence-corrected chi connectivity index (χ2v) is 8.23. The number of benzene rings is 1. The normalized spacial score (nSPS) is 10.4. The van der Waals surface area contributed by atoms with Crippen molar-refractivity contribution in [2.75, 3.05) is 31.5 Å². The predicted octanol–water partition coefficient (Wildman–Crippen LogP) is 3.16. The van der Waals surface area contributed by atoms with Crippen molar-refractivity contribution in [2.45, 2.75) is 19.8 Å². The lowest BCUT2D eigenvalue weighted by atomic mass is 10.2. The monoisotopic (exact) mass is 490 g/mol. The molecule has 174 valence electrons. The van der Waals surface area contributed by atoms with Crippen LogP contribution in [0.3, 0.4) is 0 Å². The predicted molar refractivity (Wildman–Crippen MR) is 124 cm³/mol. The smallest absolute Gasteiger partial charge is 0.311 e. The number of rotatable bonds is 10. The number of anilines is 2. The van der Waals surface area contributed by atoms with Crippen molar-refractivity contribution < 1.29 is 28.6 Å². The fourth-order valence-corrected chi connectivity index (χ4v) is 4.16. The van der Waals surface area contributed by atoms with E-state index in [0.717, 1.165) is 0 Å². The van der Waals surface area contributed by atoms with Gasteiger partial charge in [-0.2, -0.15) is 0 Å². The van der Waals surface area contributed by atoms with Gasteiger partial charge in [-0.25, -0.2) is 9.97 Å². The van der Waals surface area contributed by atoms with Crippen molar-refractivity contribution in [2.24, 2.45) is 0 Å². The molecule has 3 rings (SSSR count). The van der Waals surface area contributed by atoms with E-state index in [-0.39, 0.29) is 30.6 Å². The van der Waals surface area contributed by atoms with E-state index in [1.807, 2.05) is 0 Å². The third kappa shape index (κ3) is 6.73. The van der Waals surface area contributed by atoms with E-state index in [4.69, 9.17) is 14.2 Å². The number of esters is 1. The van der Waals surface area contributed by atoms with Crippen LogP contribution in [0.5, 0.6) is 11.5 Å². The highest BCUT2D eigenvalue weighted by molar-refractivity contribution is 7.14. The largest absolute Gasteiger partial charge is 0.493 e. The van der Waals surface area contributed by atoms with E-state index < -0.39 is 0 Å². The van der Waals surface area contributed by atoms with Gasteiger partial charge in [-0.1, -0.05) is 0 Å². The Balaban J connectivity index is 1.54. The average Bonchev–Trinajstić information content (AvgIpc) is 3.42. The highest BCUT2D eigenvalue weighted by Gasteiger charge is 2.15. The number of nitrogens with one attached hydrogen (secondary N) is 2. The molecule has 1 aromatic carbocycles. The second kappa shape index (κ2) is 11.4. The molecule has 2 N–H and O–H groups in total. The maximum absolute atomic E-state index is 12.5. The fraction of sp³-hybridized carbons (Fsp3) is 0.286. The van der Waals surface area contributed by atoms with E-state index in [1.165, 1.54) is 36.9 Å². The molecule has 0 unspecified atom stereocenters. The number of ether oxygens (including phenoxy) is 3. The molecule has 0 atom stereocenters. The van der Waals surface area contributed by atoms with E-state index in [0.29, 0.717) is 45.3 Å². The van der Waals surface area contributed by atoms with Crippen LogP contribution in [0.15, 0.2) is 29.0 Å². The Hall–Kier alpha value is -3.51. The van der Waals surface area contributed by atoms with Gasteiger partial charge in [0.2, 0.25) is 5.91 Å². The lowest BCUT2D eigenvalue weighted by molar-refractivity contribution is -0.142. The van der Waals surface area contributed by atoms with E-state index in [9.17, 15) is 14.4 Å². The molecule has 0 spiro atoms. The Kier molecular flexibility index (Phi) is 8.33. The van der Waals surface area contributed by atoms with Gasteiger partial charge < -0.3 is 19.5 Å². The van der Waals surface area contributed by atoms with Gasteiger partial charge >= 0.3 is 5.97 Å². The summed E-state index contributed by atoms with van der Waals surface area (Å²) in [6.45, 7) is 2.03. The molecule has 0 saturated carbocycles. The first-order valence-corrected chi connectivity index (χ1v) is 11.6. The van der Waals surface area contributed by atoms with Gasteiger partial charge in [-0.3, -0.25) is 19.7 Å². The van der Waals surface area contributed by atoms with Crippen LogP contribution >= 0.6 is 22.7 Å². The molecular formula is C21H22N4O6S2. The molecule has 2 amide bonds. The second-order valence-electron chi connectivity index (χ2n) is 6.52. The Morgan fingerprint density at radius 1 is 0.909 bits per heavy atom. The highest BCUT2D eigenvalue weighted by Crippen LogP contribution is 2.28. The van der Waals surface area contributed by atoms with E-state index in [1.54, 1.807) is 35.9 Å². The van der Waals surface area contributed by atoms with Crippen LogP contribution in [0, 0.1) is 0 Å². The molecule has 2 heterocycles. The lowest BCUT2D eigenvalue weighted by Crippen LogP contribution is -2.15. The molecule has 12 heteroatoms. The number of aromatic nitrogens is 2. The number of amides is 2. The molecule has 3 aromatic rings. The van der Waals surface area contributed by atoms with Gasteiger partial charge in [-0.15, -0.1) is 22.7 Å². The van der Waals surface area contributed by atoms with Crippen molar-refractivity contribution in [3.8, 4) is 11.5 Å². The Labute approximate surface area is 197 Å². The average molecular weight is 491 g/mol. The molecule has 10 nitrogen and oxygen atoms in total. The van der Waals surface area contributed by atoms with Crippen LogP contribution in [0.4, 0.5) is 10.3 Å². The molecule has 0 aliphatic rings. The number of nitrogens with zero attached hydrogens (tertiary/aromatic N) is 2. The van der Waals surface area contributed by atoms with E-state index in [2.05, 4.69) is 20.6 Å². The molecule has 0 bridgehead atoms. The van der Waals surface area contributed by atoms with Crippen LogP contribution in [-0.4, -0.2) is 48.6 Å². The molecule has 0 aliphatic heterocycles. The third-order valence-electron chi connectivity index (χ3n) is 4.19. The Morgan fingerprint density at radius 3 is 2.18 bits per heavy atom. The number of thiazole rings is 2. The van der Waals surface area contributed by atoms with Gasteiger partial charge in [0.1, 0.15) is 0 Å². The first kappa shape index (κ1) is 24.1. The number of carbonyl (C=O) groups is 3. The Morgan fingerprint density at radius 2 is 1.55 bits per heavy atom. The number of methoxy groups -OCH3 is 2. The summed E-state index contributed by atoms with van der Waals surface area (Å²) >= 11 is 2.43. The van der Waals surface area contributed by atoms with Gasteiger partial charge in [0, 0.05) is 16.3 Å². The van der Waals surface area contributed by atoms with Crippen LogP contribution < -0.4 is 20.1 Å². The molecule has 2 aromatic heterocycles. The number of carbonyl (C=O) groups excluding carboxylic acids is 3. The van der Waals surface area contributed by atoms with Crippen molar-refractivity contribution in [1.29, 1.82) is 0 Å². The van der Waals surface area contributed by atoms with Crippen LogP contribution in [0.1, 0.15) is 28.7 Å². The third-order valence-corrected chi connectivity index (χ3v) is 5.80. The molecule has 33 heavy (non-hydrogen) atoms. The van der Waals surface area contributed by atoms with Crippen LogP contribution in [0.2, 0.25) is 0 Å². The summed E-state index contributed by atoms with van der Waals surface area (Å²) in [4.78, 5) is 44.9. The van der Waals surface area contributed by atoms with Crippen molar-refractivity contribution in [3.63, 3.8) is 0 Å². The van der Waals surface area contributed by atoms with Gasteiger partial charge in [0.25, 0.3) is 5.91 Å². The number of hydrogen-bond acceptors (Lipinski definition) is 10. The van der Waals surface area contributed by atoms with Crippen LogP contribution in [-0.2, 0) is 27.2 Å². The molecule has 0 radical (unpaired) electrons. The molecular weight excluding hydrogens is 468 g/mol. The maximum Gasteiger partial charge on any atom is 0.311 e. The summed E-state index contributed by atoms with van der Waals surface area (Å²) in [6, 6.07) is 4.82. The SMILES string of the molecule is CCOC(=O)Cc1csc(NC(=O)Cc2csc(NC(=O)c3ccc(OC)c(OC)c3)n2)n1. The van der Waals surface area contributed by atoms with E-state index >= 15 is 0 Å². The molecule has 0 aliphatic carbocycles. The van der Waals surface area contributed by atoms with Gasteiger partial charge in [0.05, 0.1) is 45.1 Å². The first-order valence-electron chi connectivity index (χ1n) is 9.79. The zero-order valence-corrected chi connectivity index (χ0v) is 19.8. The van der Waals surface area contributed by atoms with Crippen molar-refractivity contribution in [3.05, 3.63) is 45.9 Å². The summed E-state index contributed by atoms with van der Waals surface area (Å²) in [7, 11) is 3.01. The highest BCUT2D eigenvalue weighted by atomic mass is 32.1. The topological polar surface area (TPSA) is 129 Å². The van der Waals surface area contributed by atoms with Crippen LogP contribution in [0.25, 0.3) is 0 Å². The Bertz CT molecular complexity index is 1140. The zero-order valence-electron chi connectivity index (χ0n) is 18.2. The summed E-state index contributed by atoms with van der Waals surface area (Å²) < 4.78 is 15.3. The molecule has 0 fully saturated rings. The minimum absolute atomic E-state index is 0.00944. The first-order chi connectivity index (χ1) is 15.9. The lowest BCUT2D eigenvalue weighted by Gasteiger charge is -2.09. The summed E-state index contributed by atoms with van der Waals surface area (Å²) in [6.07, 6.45) is 0.0605. The van der Waals surface area contributed by atoms with Gasteiger partial charge in [0.15, 0.2) is 21.8 Å². The maximum atomic E-state index is 12.5. The quantitative estimate of drug-likeness (QED) is 0.415. The molecule has 0 saturated heterocycles. The van der Waals surface area contributed by atoms with Crippen molar-refractivity contribution in [1.82, 2.24) is 9.97 Å². The minimum atomic E-state index is -0.370. The number of hydrogen-bond donors (Lipinski definition) is 2. The summed E-state index contributed by atoms with van der Waals surface area (Å²) in [5.74, 6) is -0.0850. The fourth-order valence-electron chi connectivity index (χ4n) is 2.73. The zero-order chi connectivity index (χ0) is 23.8. The summed E-state index contributed by atoms with van der Waals surface area (Å²) in [5.41, 5.74) is 1.41. The minimum Gasteiger partial charge on any atom is -0.493 e. The summed E-state index contributed by atoms with van der Waals surface area (Å²) in [5, 5.41) is 9.53. The standard InChI is InChI=1S/C21H22N4O6S2/c1-4-31-18(27)9-14-11-32-20(23-14)24-17(26)8-13-10-33-21(22-13)25-19(28)12-5-6-15(29-2)16(7-12)30-3/h5-7,10-11H,4,8-9H2,1-3H3,(H,22,25,28)(H,23,24,26). The van der Waals surface area contributed by atoms with Gasteiger partial charge in [-0.05, 0) is 25.1 Å².